The van der Waals surface area contributed by atoms with E-state index in [1.807, 2.05) is 51.1 Å². The standard InChI is InChI=1S/C17H22N2O3.C10H13N5O4/c1-4-22-11-19-14(10-13-8-6-5-7-9-13)15(12(2)3)16(20)18-17(19)21;1-5-3-15(10(18)12-9(5)17)8-2-6(13-14-11)7(4-16)19-8/h5-9,12H,4,10-11H2,1-3H3,(H,18,20,21);3,6-8,16H,2,4H2,1H3,(H,12,17,18)/t;6-,7+,8+/m.0/s1. The molecule has 4 rings (SSSR count). The number of benzene rings is 1. The quantitative estimate of drug-likeness (QED) is 0.199. The first-order valence-corrected chi connectivity index (χ1v) is 13.2. The molecule has 2 aromatic heterocycles. The Morgan fingerprint density at radius 2 is 1.83 bits per heavy atom. The fraction of sp³-hybridized carbons (Fsp3) is 0.481. The van der Waals surface area contributed by atoms with Crippen molar-refractivity contribution in [2.45, 2.75) is 71.6 Å². The lowest BCUT2D eigenvalue weighted by Crippen LogP contribution is -2.36. The Morgan fingerprint density at radius 3 is 2.44 bits per heavy atom. The van der Waals surface area contributed by atoms with E-state index in [-0.39, 0.29) is 31.2 Å². The lowest BCUT2D eigenvalue weighted by Gasteiger charge is -2.18. The third-order valence-electron chi connectivity index (χ3n) is 6.60. The average molecular weight is 570 g/mol. The van der Waals surface area contributed by atoms with Gasteiger partial charge in [-0.1, -0.05) is 49.3 Å². The lowest BCUT2D eigenvalue weighted by molar-refractivity contribution is -0.0271. The molecule has 1 saturated heterocycles. The lowest BCUT2D eigenvalue weighted by atomic mass is 9.98. The van der Waals surface area contributed by atoms with E-state index in [2.05, 4.69) is 20.0 Å². The van der Waals surface area contributed by atoms with Crippen molar-refractivity contribution in [3.05, 3.63) is 111 Å². The minimum atomic E-state index is -0.671. The molecule has 0 amide bonds. The van der Waals surface area contributed by atoms with Gasteiger partial charge in [0.1, 0.15) is 13.0 Å². The third-order valence-corrected chi connectivity index (χ3v) is 6.60. The van der Waals surface area contributed by atoms with Gasteiger partial charge in [-0.15, -0.1) is 0 Å². The number of aryl methyl sites for hydroxylation is 1. The number of aliphatic hydroxyl groups is 1. The predicted molar refractivity (Wildman–Crippen MR) is 151 cm³/mol. The van der Waals surface area contributed by atoms with Crippen molar-refractivity contribution >= 4 is 0 Å². The van der Waals surface area contributed by atoms with Gasteiger partial charge in [-0.2, -0.15) is 0 Å². The van der Waals surface area contributed by atoms with Crippen molar-refractivity contribution < 1.29 is 14.6 Å². The van der Waals surface area contributed by atoms with Crippen LogP contribution in [0.4, 0.5) is 0 Å². The monoisotopic (exact) mass is 569 g/mol. The zero-order chi connectivity index (χ0) is 30.1. The molecule has 0 bridgehead atoms. The van der Waals surface area contributed by atoms with Crippen molar-refractivity contribution in [2.75, 3.05) is 13.2 Å². The van der Waals surface area contributed by atoms with Crippen molar-refractivity contribution in [1.82, 2.24) is 19.1 Å². The number of aromatic nitrogens is 4. The maximum atomic E-state index is 12.2. The number of azide groups is 1. The van der Waals surface area contributed by atoms with Crippen LogP contribution >= 0.6 is 0 Å². The summed E-state index contributed by atoms with van der Waals surface area (Å²) in [4.78, 5) is 54.6. The molecule has 1 aliphatic rings. The first kappa shape index (κ1) is 31.3. The van der Waals surface area contributed by atoms with E-state index in [1.54, 1.807) is 6.92 Å². The van der Waals surface area contributed by atoms with Crippen molar-refractivity contribution in [2.24, 2.45) is 5.11 Å². The number of nitrogens with zero attached hydrogens (tertiary/aromatic N) is 5. The average Bonchev–Trinajstić information content (AvgIpc) is 3.34. The number of H-pyrrole nitrogens is 2. The van der Waals surface area contributed by atoms with E-state index in [9.17, 15) is 19.2 Å². The van der Waals surface area contributed by atoms with Crippen LogP contribution in [0.1, 0.15) is 61.7 Å². The highest BCUT2D eigenvalue weighted by Crippen LogP contribution is 2.29. The van der Waals surface area contributed by atoms with Gasteiger partial charge >= 0.3 is 11.4 Å². The van der Waals surface area contributed by atoms with Crippen molar-refractivity contribution in [3.63, 3.8) is 0 Å². The van der Waals surface area contributed by atoms with E-state index in [1.165, 1.54) is 15.3 Å². The molecule has 0 spiro atoms. The summed E-state index contributed by atoms with van der Waals surface area (Å²) in [5.41, 5.74) is 9.45. The van der Waals surface area contributed by atoms with Gasteiger partial charge in [0.25, 0.3) is 11.1 Å². The first-order chi connectivity index (χ1) is 19.6. The number of hydrogen-bond donors (Lipinski definition) is 3. The molecule has 14 heteroatoms. The van der Waals surface area contributed by atoms with Crippen LogP contribution in [0.5, 0.6) is 0 Å². The second-order valence-corrected chi connectivity index (χ2v) is 9.79. The molecule has 0 radical (unpaired) electrons. The smallest absolute Gasteiger partial charge is 0.330 e. The number of aliphatic hydroxyl groups excluding tert-OH is 1. The van der Waals surface area contributed by atoms with Gasteiger partial charge in [-0.3, -0.25) is 28.7 Å². The molecular formula is C27H35N7O7. The Bertz CT molecular complexity index is 1600. The third kappa shape index (κ3) is 7.70. The Hall–Kier alpha value is -4.23. The Labute approximate surface area is 234 Å². The fourth-order valence-electron chi connectivity index (χ4n) is 4.56. The topological polar surface area (TPSA) is 197 Å². The first-order valence-electron chi connectivity index (χ1n) is 13.2. The number of nitrogens with one attached hydrogen (secondary N) is 2. The molecular weight excluding hydrogens is 534 g/mol. The van der Waals surface area contributed by atoms with Crippen LogP contribution < -0.4 is 22.5 Å². The van der Waals surface area contributed by atoms with Crippen LogP contribution in [0.2, 0.25) is 0 Å². The molecule has 3 heterocycles. The SMILES string of the molecule is CCOCn1c(Cc2ccccc2)c(C(C)C)c(=O)[nH]c1=O.Cc1cn([C@H]2C[C@H](N=[N+]=[N-])[C@@H](CO)O2)c(=O)[nH]c1=O. The van der Waals surface area contributed by atoms with Gasteiger partial charge in [0.2, 0.25) is 0 Å². The summed E-state index contributed by atoms with van der Waals surface area (Å²) < 4.78 is 13.6. The van der Waals surface area contributed by atoms with E-state index < -0.39 is 35.3 Å². The summed E-state index contributed by atoms with van der Waals surface area (Å²) in [5, 5.41) is 12.7. The highest BCUT2D eigenvalue weighted by molar-refractivity contribution is 5.28. The minimum Gasteiger partial charge on any atom is -0.394 e. The second-order valence-electron chi connectivity index (χ2n) is 9.79. The Kier molecular flexibility index (Phi) is 11.0. The van der Waals surface area contributed by atoms with Gasteiger partial charge in [-0.05, 0) is 30.9 Å². The van der Waals surface area contributed by atoms with E-state index in [0.29, 0.717) is 24.2 Å². The Balaban J connectivity index is 0.000000228. The summed E-state index contributed by atoms with van der Waals surface area (Å²) in [6, 6.07) is 9.27. The van der Waals surface area contributed by atoms with Crippen LogP contribution in [0.3, 0.4) is 0 Å². The van der Waals surface area contributed by atoms with Crippen molar-refractivity contribution in [1.29, 1.82) is 0 Å². The molecule has 1 fully saturated rings. The highest BCUT2D eigenvalue weighted by atomic mass is 16.5. The molecule has 3 aromatic rings. The zero-order valence-electron chi connectivity index (χ0n) is 23.4. The molecule has 1 aromatic carbocycles. The summed E-state index contributed by atoms with van der Waals surface area (Å²) in [6.07, 6.45) is 0.857. The number of aromatic amines is 2. The van der Waals surface area contributed by atoms with Gasteiger partial charge in [0.05, 0.1) is 18.8 Å². The van der Waals surface area contributed by atoms with Gasteiger partial charge < -0.3 is 14.6 Å². The van der Waals surface area contributed by atoms with E-state index >= 15 is 0 Å². The minimum absolute atomic E-state index is 0.0240. The highest BCUT2D eigenvalue weighted by Gasteiger charge is 2.35. The van der Waals surface area contributed by atoms with Gasteiger partial charge in [-0.25, -0.2) is 9.59 Å². The molecule has 0 unspecified atom stereocenters. The van der Waals surface area contributed by atoms with Crippen LogP contribution in [-0.2, 0) is 22.6 Å². The maximum Gasteiger partial charge on any atom is 0.330 e. The normalized spacial score (nSPS) is 18.0. The number of rotatable bonds is 9. The molecule has 0 saturated carbocycles. The van der Waals surface area contributed by atoms with Crippen molar-refractivity contribution in [3.8, 4) is 0 Å². The summed E-state index contributed by atoms with van der Waals surface area (Å²) in [6.45, 7) is 7.69. The van der Waals surface area contributed by atoms with Gasteiger partial charge in [0.15, 0.2) is 0 Å². The second kappa shape index (κ2) is 14.4. The molecule has 14 nitrogen and oxygen atoms in total. The van der Waals surface area contributed by atoms with Crippen LogP contribution in [0, 0.1) is 6.92 Å². The number of hydrogen-bond acceptors (Lipinski definition) is 8. The molecule has 1 aliphatic heterocycles. The zero-order valence-corrected chi connectivity index (χ0v) is 23.4. The number of ether oxygens (including phenoxy) is 2. The predicted octanol–water partition coefficient (Wildman–Crippen LogP) is 2.05. The molecule has 3 atom stereocenters. The molecule has 3 N–H and O–H groups in total. The molecule has 0 aliphatic carbocycles. The molecule has 41 heavy (non-hydrogen) atoms. The van der Waals surface area contributed by atoms with E-state index in [0.717, 1.165) is 11.3 Å². The maximum absolute atomic E-state index is 12.2. The van der Waals surface area contributed by atoms with E-state index in [4.69, 9.17) is 20.1 Å². The van der Waals surface area contributed by atoms with Crippen LogP contribution in [0.25, 0.3) is 10.4 Å². The van der Waals surface area contributed by atoms with Gasteiger partial charge in [0, 0.05) is 47.4 Å². The summed E-state index contributed by atoms with van der Waals surface area (Å²) in [5.74, 6) is 0.0240. The molecule has 220 valence electrons. The van der Waals surface area contributed by atoms with Crippen LogP contribution in [0.15, 0.2) is 60.8 Å². The largest absolute Gasteiger partial charge is 0.394 e. The summed E-state index contributed by atoms with van der Waals surface area (Å²) >= 11 is 0. The Morgan fingerprint density at radius 1 is 1.15 bits per heavy atom. The fourth-order valence-corrected chi connectivity index (χ4v) is 4.56. The summed E-state index contributed by atoms with van der Waals surface area (Å²) in [7, 11) is 0. The van der Waals surface area contributed by atoms with Crippen LogP contribution in [-0.4, -0.2) is 49.6 Å².